The number of carbonyl (C=O) groups excluding carboxylic acids is 1. The number of aromatic nitrogens is 1. The maximum atomic E-state index is 10.5. The highest BCUT2D eigenvalue weighted by Crippen LogP contribution is 2.05. The van der Waals surface area contributed by atoms with Crippen LogP contribution in [0, 0.1) is 0 Å². The van der Waals surface area contributed by atoms with Crippen LogP contribution in [0.2, 0.25) is 0 Å². The maximum absolute atomic E-state index is 10.5. The molecule has 2 nitrogen and oxygen atoms in total. The van der Waals surface area contributed by atoms with Crippen molar-refractivity contribution in [3.05, 3.63) is 35.7 Å². The van der Waals surface area contributed by atoms with Crippen molar-refractivity contribution >= 4 is 12.4 Å². The standard InChI is InChI=1S/C10H11NO/c1-2-9(8-12)7-10-3-5-11-6-4-10/h3-8H,2H2,1H3/b9-7+. The molecule has 1 rings (SSSR count). The Kier molecular flexibility index (Phi) is 3.20. The first-order valence-corrected chi connectivity index (χ1v) is 3.92. The summed E-state index contributed by atoms with van der Waals surface area (Å²) < 4.78 is 0. The van der Waals surface area contributed by atoms with Crippen molar-refractivity contribution in [3.8, 4) is 0 Å². The molecule has 0 amide bonds. The number of carbonyl (C=O) groups is 1. The summed E-state index contributed by atoms with van der Waals surface area (Å²) >= 11 is 0. The van der Waals surface area contributed by atoms with Crippen LogP contribution in [0.3, 0.4) is 0 Å². The average molecular weight is 161 g/mol. The lowest BCUT2D eigenvalue weighted by Crippen LogP contribution is -1.82. The Bertz CT molecular complexity index is 277. The van der Waals surface area contributed by atoms with Gasteiger partial charge in [-0.15, -0.1) is 0 Å². The second-order valence-electron chi connectivity index (χ2n) is 2.47. The zero-order chi connectivity index (χ0) is 8.81. The second kappa shape index (κ2) is 4.44. The van der Waals surface area contributed by atoms with E-state index in [2.05, 4.69) is 4.98 Å². The van der Waals surface area contributed by atoms with Gasteiger partial charge in [-0.05, 0) is 35.8 Å². The van der Waals surface area contributed by atoms with E-state index < -0.39 is 0 Å². The zero-order valence-electron chi connectivity index (χ0n) is 7.03. The van der Waals surface area contributed by atoms with Crippen molar-refractivity contribution in [1.29, 1.82) is 0 Å². The first-order valence-electron chi connectivity index (χ1n) is 3.92. The fourth-order valence-electron chi connectivity index (χ4n) is 0.893. The van der Waals surface area contributed by atoms with Crippen LogP contribution in [0.1, 0.15) is 18.9 Å². The van der Waals surface area contributed by atoms with Gasteiger partial charge in [0.15, 0.2) is 0 Å². The molecule has 0 aliphatic rings. The quantitative estimate of drug-likeness (QED) is 0.501. The largest absolute Gasteiger partial charge is 0.298 e. The molecule has 0 aliphatic heterocycles. The molecule has 0 N–H and O–H groups in total. The molecule has 0 bridgehead atoms. The number of hydrogen-bond acceptors (Lipinski definition) is 2. The minimum atomic E-state index is 0.770. The Labute approximate surface area is 71.9 Å². The number of hydrogen-bond donors (Lipinski definition) is 0. The summed E-state index contributed by atoms with van der Waals surface area (Å²) in [4.78, 5) is 14.3. The van der Waals surface area contributed by atoms with E-state index in [4.69, 9.17) is 0 Å². The van der Waals surface area contributed by atoms with Gasteiger partial charge in [-0.2, -0.15) is 0 Å². The van der Waals surface area contributed by atoms with Gasteiger partial charge in [0.2, 0.25) is 0 Å². The SMILES string of the molecule is CC/C(C=O)=C\c1ccncc1. The van der Waals surface area contributed by atoms with E-state index in [9.17, 15) is 4.79 Å². The molecule has 0 radical (unpaired) electrons. The van der Waals surface area contributed by atoms with Crippen LogP contribution in [0.15, 0.2) is 30.1 Å². The van der Waals surface area contributed by atoms with Crippen molar-refractivity contribution in [1.82, 2.24) is 4.98 Å². The first kappa shape index (κ1) is 8.65. The Hall–Kier alpha value is -1.44. The lowest BCUT2D eigenvalue weighted by atomic mass is 10.1. The third-order valence-electron chi connectivity index (χ3n) is 1.62. The molecule has 0 fully saturated rings. The summed E-state index contributed by atoms with van der Waals surface area (Å²) in [5, 5.41) is 0. The number of allylic oxidation sites excluding steroid dienone is 1. The highest BCUT2D eigenvalue weighted by molar-refractivity contribution is 5.81. The molecule has 0 aromatic carbocycles. The smallest absolute Gasteiger partial charge is 0.146 e. The van der Waals surface area contributed by atoms with Gasteiger partial charge in [0.05, 0.1) is 0 Å². The van der Waals surface area contributed by atoms with Crippen LogP contribution in [0.5, 0.6) is 0 Å². The molecule has 62 valence electrons. The minimum Gasteiger partial charge on any atom is -0.298 e. The fourth-order valence-corrected chi connectivity index (χ4v) is 0.893. The van der Waals surface area contributed by atoms with E-state index in [0.717, 1.165) is 23.8 Å². The summed E-state index contributed by atoms with van der Waals surface area (Å²) in [6, 6.07) is 3.75. The highest BCUT2D eigenvalue weighted by atomic mass is 16.1. The molecule has 0 aliphatic carbocycles. The van der Waals surface area contributed by atoms with Crippen molar-refractivity contribution in [2.24, 2.45) is 0 Å². The predicted molar refractivity (Wildman–Crippen MR) is 48.6 cm³/mol. The van der Waals surface area contributed by atoms with Crippen LogP contribution in [-0.2, 0) is 4.79 Å². The first-order chi connectivity index (χ1) is 5.86. The van der Waals surface area contributed by atoms with E-state index in [1.807, 2.05) is 25.1 Å². The van der Waals surface area contributed by atoms with Gasteiger partial charge in [0, 0.05) is 12.4 Å². The summed E-state index contributed by atoms with van der Waals surface area (Å²) in [5.74, 6) is 0. The van der Waals surface area contributed by atoms with E-state index in [1.165, 1.54) is 0 Å². The molecule has 0 atom stereocenters. The van der Waals surface area contributed by atoms with E-state index in [1.54, 1.807) is 12.4 Å². The lowest BCUT2D eigenvalue weighted by molar-refractivity contribution is -0.104. The molecule has 2 heteroatoms. The summed E-state index contributed by atoms with van der Waals surface area (Å²) in [6.07, 6.45) is 6.95. The van der Waals surface area contributed by atoms with Gasteiger partial charge in [0.25, 0.3) is 0 Å². The Morgan fingerprint density at radius 3 is 2.67 bits per heavy atom. The van der Waals surface area contributed by atoms with E-state index in [0.29, 0.717) is 0 Å². The van der Waals surface area contributed by atoms with E-state index >= 15 is 0 Å². The van der Waals surface area contributed by atoms with Crippen molar-refractivity contribution in [2.45, 2.75) is 13.3 Å². The fraction of sp³-hybridized carbons (Fsp3) is 0.200. The number of aldehydes is 1. The molecule has 0 saturated heterocycles. The average Bonchev–Trinajstić information content (AvgIpc) is 2.16. The minimum absolute atomic E-state index is 0.770. The maximum Gasteiger partial charge on any atom is 0.146 e. The lowest BCUT2D eigenvalue weighted by Gasteiger charge is -1.93. The zero-order valence-corrected chi connectivity index (χ0v) is 7.03. The molecular formula is C10H11NO. The van der Waals surface area contributed by atoms with Crippen molar-refractivity contribution in [3.63, 3.8) is 0 Å². The number of pyridine rings is 1. The molecule has 0 spiro atoms. The van der Waals surface area contributed by atoms with Crippen LogP contribution in [0.25, 0.3) is 6.08 Å². The molecule has 1 aromatic rings. The normalized spacial score (nSPS) is 11.2. The Balaban J connectivity index is 2.86. The van der Waals surface area contributed by atoms with Crippen molar-refractivity contribution < 1.29 is 4.79 Å². The van der Waals surface area contributed by atoms with Crippen LogP contribution in [-0.4, -0.2) is 11.3 Å². The number of rotatable bonds is 3. The van der Waals surface area contributed by atoms with Gasteiger partial charge in [-0.1, -0.05) is 6.92 Å². The van der Waals surface area contributed by atoms with Gasteiger partial charge in [-0.3, -0.25) is 9.78 Å². The third kappa shape index (κ3) is 2.31. The van der Waals surface area contributed by atoms with Gasteiger partial charge in [0.1, 0.15) is 6.29 Å². The topological polar surface area (TPSA) is 30.0 Å². The third-order valence-corrected chi connectivity index (χ3v) is 1.62. The van der Waals surface area contributed by atoms with E-state index in [-0.39, 0.29) is 0 Å². The predicted octanol–water partition coefficient (Wildman–Crippen LogP) is 2.07. The molecule has 0 unspecified atom stereocenters. The highest BCUT2D eigenvalue weighted by Gasteiger charge is 1.91. The number of nitrogens with zero attached hydrogens (tertiary/aromatic N) is 1. The molecule has 1 heterocycles. The Morgan fingerprint density at radius 1 is 1.50 bits per heavy atom. The van der Waals surface area contributed by atoms with Crippen molar-refractivity contribution in [2.75, 3.05) is 0 Å². The van der Waals surface area contributed by atoms with Crippen LogP contribution < -0.4 is 0 Å². The monoisotopic (exact) mass is 161 g/mol. The summed E-state index contributed by atoms with van der Waals surface area (Å²) in [5.41, 5.74) is 1.83. The molecular weight excluding hydrogens is 150 g/mol. The van der Waals surface area contributed by atoms with Crippen LogP contribution in [0.4, 0.5) is 0 Å². The molecule has 12 heavy (non-hydrogen) atoms. The summed E-state index contributed by atoms with van der Waals surface area (Å²) in [6.45, 7) is 1.96. The van der Waals surface area contributed by atoms with Gasteiger partial charge < -0.3 is 0 Å². The van der Waals surface area contributed by atoms with Crippen LogP contribution >= 0.6 is 0 Å². The van der Waals surface area contributed by atoms with Gasteiger partial charge >= 0.3 is 0 Å². The second-order valence-corrected chi connectivity index (χ2v) is 2.47. The molecule has 1 aromatic heterocycles. The van der Waals surface area contributed by atoms with Gasteiger partial charge in [-0.25, -0.2) is 0 Å². The Morgan fingerprint density at radius 2 is 2.17 bits per heavy atom. The molecule has 0 saturated carbocycles. The summed E-state index contributed by atoms with van der Waals surface area (Å²) in [7, 11) is 0.